The van der Waals surface area contributed by atoms with Gasteiger partial charge in [-0.25, -0.2) is 0 Å². The molecule has 1 rings (SSSR count). The van der Waals surface area contributed by atoms with Crippen molar-refractivity contribution in [3.8, 4) is 0 Å². The van der Waals surface area contributed by atoms with Crippen LogP contribution >= 0.6 is 11.6 Å². The zero-order valence-corrected chi connectivity index (χ0v) is 9.40. The number of rotatable bonds is 3. The largest absolute Gasteiger partial charge is 0.365 e. The number of hydrogen-bond acceptors (Lipinski definition) is 3. The Hall–Kier alpha value is -1.36. The van der Waals surface area contributed by atoms with E-state index in [1.54, 1.807) is 12.1 Å². The summed E-state index contributed by atoms with van der Waals surface area (Å²) < 4.78 is 0. The van der Waals surface area contributed by atoms with Crippen LogP contribution in [0, 0.1) is 6.92 Å². The van der Waals surface area contributed by atoms with Crippen molar-refractivity contribution in [2.75, 3.05) is 5.32 Å². The summed E-state index contributed by atoms with van der Waals surface area (Å²) in [6.45, 7) is 1.87. The van der Waals surface area contributed by atoms with E-state index in [-0.39, 0.29) is 0 Å². The smallest absolute Gasteiger partial charge is 0.248 e. The summed E-state index contributed by atoms with van der Waals surface area (Å²) in [4.78, 5) is 11.3. The van der Waals surface area contributed by atoms with Crippen LogP contribution < -0.4 is 5.32 Å². The molecular formula is C11H12ClNO3. The lowest BCUT2D eigenvalue weighted by molar-refractivity contribution is -0.112. The van der Waals surface area contributed by atoms with Crippen LogP contribution in [0.1, 0.15) is 5.56 Å². The SMILES string of the molecule is Cc1ccc(Cl)c(NC(=O)/C=C/C(O)O)c1. The van der Waals surface area contributed by atoms with Crippen LogP contribution in [-0.4, -0.2) is 22.4 Å². The van der Waals surface area contributed by atoms with E-state index in [0.717, 1.165) is 17.7 Å². The van der Waals surface area contributed by atoms with Gasteiger partial charge in [0.05, 0.1) is 10.7 Å². The molecular weight excluding hydrogens is 230 g/mol. The number of aryl methyl sites for hydroxylation is 1. The molecule has 3 N–H and O–H groups in total. The number of aliphatic hydroxyl groups is 2. The van der Waals surface area contributed by atoms with Gasteiger partial charge in [0.2, 0.25) is 5.91 Å². The highest BCUT2D eigenvalue weighted by Crippen LogP contribution is 2.22. The Morgan fingerprint density at radius 1 is 1.50 bits per heavy atom. The molecule has 0 bridgehead atoms. The van der Waals surface area contributed by atoms with Crippen LogP contribution in [0.5, 0.6) is 0 Å². The second-order valence-corrected chi connectivity index (χ2v) is 3.65. The lowest BCUT2D eigenvalue weighted by atomic mass is 10.2. The second kappa shape index (κ2) is 5.65. The molecule has 1 aromatic carbocycles. The van der Waals surface area contributed by atoms with Crippen molar-refractivity contribution in [2.24, 2.45) is 0 Å². The number of benzene rings is 1. The molecule has 1 aromatic rings. The predicted molar refractivity (Wildman–Crippen MR) is 62.2 cm³/mol. The lowest BCUT2D eigenvalue weighted by Crippen LogP contribution is -2.10. The number of amides is 1. The molecule has 16 heavy (non-hydrogen) atoms. The van der Waals surface area contributed by atoms with Crippen molar-refractivity contribution in [3.63, 3.8) is 0 Å². The van der Waals surface area contributed by atoms with Gasteiger partial charge in [0.15, 0.2) is 6.29 Å². The van der Waals surface area contributed by atoms with Crippen molar-refractivity contribution < 1.29 is 15.0 Å². The van der Waals surface area contributed by atoms with Crippen molar-refractivity contribution in [2.45, 2.75) is 13.2 Å². The summed E-state index contributed by atoms with van der Waals surface area (Å²) in [6.07, 6.45) is 0.348. The first kappa shape index (κ1) is 12.7. The van der Waals surface area contributed by atoms with Gasteiger partial charge in [0, 0.05) is 6.08 Å². The predicted octanol–water partition coefficient (Wildman–Crippen LogP) is 1.45. The average Bonchev–Trinajstić information content (AvgIpc) is 2.20. The molecule has 0 heterocycles. The zero-order chi connectivity index (χ0) is 12.1. The number of carbonyl (C=O) groups excluding carboxylic acids is 1. The van der Waals surface area contributed by atoms with E-state index >= 15 is 0 Å². The molecule has 0 aromatic heterocycles. The van der Waals surface area contributed by atoms with Crippen LogP contribution in [0.25, 0.3) is 0 Å². The first-order chi connectivity index (χ1) is 7.49. The second-order valence-electron chi connectivity index (χ2n) is 3.25. The number of hydrogen-bond donors (Lipinski definition) is 3. The van der Waals surface area contributed by atoms with Gasteiger partial charge in [0.1, 0.15) is 0 Å². The van der Waals surface area contributed by atoms with Gasteiger partial charge in [-0.1, -0.05) is 17.7 Å². The normalized spacial score (nSPS) is 11.1. The number of nitrogens with one attached hydrogen (secondary N) is 1. The average molecular weight is 242 g/mol. The standard InChI is InChI=1S/C11H12ClNO3/c1-7-2-3-8(12)9(6-7)13-10(14)4-5-11(15)16/h2-6,11,15-16H,1H3,(H,13,14)/b5-4+. The Kier molecular flexibility index (Phi) is 4.49. The van der Waals surface area contributed by atoms with E-state index in [0.29, 0.717) is 10.7 Å². The monoisotopic (exact) mass is 241 g/mol. The summed E-state index contributed by atoms with van der Waals surface area (Å²) in [5.41, 5.74) is 1.45. The van der Waals surface area contributed by atoms with Crippen LogP contribution in [-0.2, 0) is 4.79 Å². The fraction of sp³-hybridized carbons (Fsp3) is 0.182. The van der Waals surface area contributed by atoms with Gasteiger partial charge in [-0.05, 0) is 30.7 Å². The topological polar surface area (TPSA) is 69.6 Å². The van der Waals surface area contributed by atoms with E-state index in [2.05, 4.69) is 5.32 Å². The highest BCUT2D eigenvalue weighted by Gasteiger charge is 2.03. The Morgan fingerprint density at radius 2 is 2.19 bits per heavy atom. The molecule has 1 amide bonds. The van der Waals surface area contributed by atoms with Gasteiger partial charge in [-0.3, -0.25) is 4.79 Å². The summed E-state index contributed by atoms with van der Waals surface area (Å²) in [6, 6.07) is 5.23. The third-order valence-corrected chi connectivity index (χ3v) is 2.13. The minimum atomic E-state index is -1.64. The zero-order valence-electron chi connectivity index (χ0n) is 8.64. The van der Waals surface area contributed by atoms with E-state index < -0.39 is 12.2 Å². The van der Waals surface area contributed by atoms with Crippen LogP contribution in [0.2, 0.25) is 5.02 Å². The number of anilines is 1. The maximum absolute atomic E-state index is 11.3. The fourth-order valence-electron chi connectivity index (χ4n) is 1.08. The molecule has 0 aliphatic heterocycles. The van der Waals surface area contributed by atoms with Crippen molar-refractivity contribution >= 4 is 23.2 Å². The molecule has 0 saturated carbocycles. The summed E-state index contributed by atoms with van der Waals surface area (Å²) in [5.74, 6) is -0.472. The molecule has 0 fully saturated rings. The third-order valence-electron chi connectivity index (χ3n) is 1.80. The molecule has 0 saturated heterocycles. The molecule has 0 radical (unpaired) electrons. The van der Waals surface area contributed by atoms with Gasteiger partial charge in [0.25, 0.3) is 0 Å². The minimum Gasteiger partial charge on any atom is -0.365 e. The maximum Gasteiger partial charge on any atom is 0.248 e. The number of carbonyl (C=O) groups is 1. The molecule has 0 atom stereocenters. The van der Waals surface area contributed by atoms with E-state index in [9.17, 15) is 4.79 Å². The Balaban J connectivity index is 2.73. The maximum atomic E-state index is 11.3. The molecule has 0 aliphatic rings. The van der Waals surface area contributed by atoms with Crippen LogP contribution in [0.4, 0.5) is 5.69 Å². The highest BCUT2D eigenvalue weighted by molar-refractivity contribution is 6.33. The Labute approximate surface area is 98.2 Å². The van der Waals surface area contributed by atoms with Gasteiger partial charge in [-0.2, -0.15) is 0 Å². The third kappa shape index (κ3) is 4.02. The quantitative estimate of drug-likeness (QED) is 0.554. The van der Waals surface area contributed by atoms with E-state index in [4.69, 9.17) is 21.8 Å². The fourth-order valence-corrected chi connectivity index (χ4v) is 1.25. The molecule has 0 unspecified atom stereocenters. The molecule has 0 spiro atoms. The number of halogens is 1. The van der Waals surface area contributed by atoms with E-state index in [1.807, 2.05) is 13.0 Å². The molecule has 0 aliphatic carbocycles. The van der Waals surface area contributed by atoms with Crippen molar-refractivity contribution in [1.82, 2.24) is 0 Å². The molecule has 86 valence electrons. The minimum absolute atomic E-state index is 0.428. The van der Waals surface area contributed by atoms with Gasteiger partial charge in [-0.15, -0.1) is 0 Å². The number of aliphatic hydroxyl groups excluding tert-OH is 1. The Morgan fingerprint density at radius 3 is 2.81 bits per heavy atom. The first-order valence-electron chi connectivity index (χ1n) is 4.60. The van der Waals surface area contributed by atoms with Gasteiger partial charge < -0.3 is 15.5 Å². The first-order valence-corrected chi connectivity index (χ1v) is 4.98. The molecule has 4 nitrogen and oxygen atoms in total. The highest BCUT2D eigenvalue weighted by atomic mass is 35.5. The van der Waals surface area contributed by atoms with Crippen molar-refractivity contribution in [1.29, 1.82) is 0 Å². The summed E-state index contributed by atoms with van der Waals surface area (Å²) in [5, 5.41) is 20.0. The van der Waals surface area contributed by atoms with Crippen LogP contribution in [0.3, 0.4) is 0 Å². The molecule has 5 heteroatoms. The van der Waals surface area contributed by atoms with Crippen molar-refractivity contribution in [3.05, 3.63) is 40.9 Å². The lowest BCUT2D eigenvalue weighted by Gasteiger charge is -2.05. The van der Waals surface area contributed by atoms with E-state index in [1.165, 1.54) is 0 Å². The van der Waals surface area contributed by atoms with Crippen LogP contribution in [0.15, 0.2) is 30.4 Å². The summed E-state index contributed by atoms with van der Waals surface area (Å²) >= 11 is 5.87. The summed E-state index contributed by atoms with van der Waals surface area (Å²) in [7, 11) is 0. The van der Waals surface area contributed by atoms with Gasteiger partial charge >= 0.3 is 0 Å². The Bertz CT molecular complexity index is 416.